The van der Waals surface area contributed by atoms with E-state index in [1.54, 1.807) is 25.1 Å². The Morgan fingerprint density at radius 3 is 2.68 bits per heavy atom. The standard InChI is InChI=1S/C22H30N4O4S/c1-17-7-8-18(15-21(17)31(28,29)26-11-13-30-14-12-26)23-22(27)16-25-10-4-6-20(25)19-5-3-9-24(19)2/h3,5,7-9,15,20H,4,6,10-14,16H2,1-2H3,(H,23,27)/t20-/m1/s1. The SMILES string of the molecule is Cc1ccc(NC(=O)CN2CCC[C@@H]2c2cccn2C)cc1S(=O)(=O)N1CCOCC1. The highest BCUT2D eigenvalue weighted by atomic mass is 32.2. The van der Waals surface area contributed by atoms with E-state index in [0.717, 1.165) is 19.4 Å². The van der Waals surface area contributed by atoms with Crippen LogP contribution in [-0.4, -0.2) is 67.5 Å². The second-order valence-electron chi connectivity index (χ2n) is 8.22. The average Bonchev–Trinajstić information content (AvgIpc) is 3.38. The lowest BCUT2D eigenvalue weighted by Crippen LogP contribution is -2.40. The monoisotopic (exact) mass is 446 g/mol. The molecule has 2 aliphatic heterocycles. The predicted octanol–water partition coefficient (Wildman–Crippen LogP) is 2.13. The molecule has 2 aromatic rings. The van der Waals surface area contributed by atoms with Crippen LogP contribution in [0.15, 0.2) is 41.4 Å². The normalized spacial score (nSPS) is 20.8. The number of rotatable bonds is 6. The zero-order chi connectivity index (χ0) is 22.0. The summed E-state index contributed by atoms with van der Waals surface area (Å²) < 4.78 is 35.0. The molecule has 0 saturated carbocycles. The molecule has 1 amide bonds. The van der Waals surface area contributed by atoms with Crippen molar-refractivity contribution in [2.75, 3.05) is 44.7 Å². The Labute approximate surface area is 183 Å². The summed E-state index contributed by atoms with van der Waals surface area (Å²) in [5.41, 5.74) is 2.37. The lowest BCUT2D eigenvalue weighted by Gasteiger charge is -2.27. The highest BCUT2D eigenvalue weighted by Crippen LogP contribution is 2.31. The van der Waals surface area contributed by atoms with Gasteiger partial charge in [0.1, 0.15) is 0 Å². The molecule has 3 heterocycles. The van der Waals surface area contributed by atoms with Crippen LogP contribution in [0, 0.1) is 6.92 Å². The zero-order valence-electron chi connectivity index (χ0n) is 18.1. The van der Waals surface area contributed by atoms with Crippen molar-refractivity contribution < 1.29 is 17.9 Å². The summed E-state index contributed by atoms with van der Waals surface area (Å²) in [4.78, 5) is 15.2. The number of nitrogens with zero attached hydrogens (tertiary/aromatic N) is 3. The van der Waals surface area contributed by atoms with Gasteiger partial charge in [0.25, 0.3) is 0 Å². The highest BCUT2D eigenvalue weighted by molar-refractivity contribution is 7.89. The van der Waals surface area contributed by atoms with Gasteiger partial charge in [0.05, 0.1) is 30.7 Å². The fraction of sp³-hybridized carbons (Fsp3) is 0.500. The van der Waals surface area contributed by atoms with Gasteiger partial charge in [-0.15, -0.1) is 0 Å². The van der Waals surface area contributed by atoms with Crippen molar-refractivity contribution in [1.82, 2.24) is 13.8 Å². The summed E-state index contributed by atoms with van der Waals surface area (Å²) in [5.74, 6) is -0.139. The van der Waals surface area contributed by atoms with Gasteiger partial charge in [-0.25, -0.2) is 8.42 Å². The third-order valence-corrected chi connectivity index (χ3v) is 8.14. The van der Waals surface area contributed by atoms with Crippen molar-refractivity contribution in [3.05, 3.63) is 47.8 Å². The fourth-order valence-corrected chi connectivity index (χ4v) is 6.10. The molecule has 1 aromatic heterocycles. The Bertz CT molecular complexity index is 1040. The first kappa shape index (κ1) is 22.0. The van der Waals surface area contributed by atoms with Crippen LogP contribution in [0.1, 0.15) is 30.1 Å². The summed E-state index contributed by atoms with van der Waals surface area (Å²) in [6, 6.07) is 9.41. The number of hydrogen-bond donors (Lipinski definition) is 1. The third kappa shape index (κ3) is 4.69. The average molecular weight is 447 g/mol. The molecule has 1 N–H and O–H groups in total. The minimum absolute atomic E-state index is 0.139. The fourth-order valence-electron chi connectivity index (χ4n) is 4.44. The summed E-state index contributed by atoms with van der Waals surface area (Å²) in [7, 11) is -1.61. The van der Waals surface area contributed by atoms with Crippen LogP contribution in [0.4, 0.5) is 5.69 Å². The first-order valence-corrected chi connectivity index (χ1v) is 12.1. The van der Waals surface area contributed by atoms with Gasteiger partial charge in [-0.2, -0.15) is 4.31 Å². The Morgan fingerprint density at radius 2 is 1.97 bits per heavy atom. The number of likely N-dealkylation sites (tertiary alicyclic amines) is 1. The second-order valence-corrected chi connectivity index (χ2v) is 10.1. The first-order valence-electron chi connectivity index (χ1n) is 10.7. The molecule has 0 unspecified atom stereocenters. The van der Waals surface area contributed by atoms with Crippen molar-refractivity contribution >= 4 is 21.6 Å². The van der Waals surface area contributed by atoms with E-state index in [-0.39, 0.29) is 23.4 Å². The molecule has 0 aliphatic carbocycles. The molecule has 0 radical (unpaired) electrons. The maximum Gasteiger partial charge on any atom is 0.243 e. The molecule has 2 saturated heterocycles. The number of anilines is 1. The van der Waals surface area contributed by atoms with Crippen LogP contribution in [0.2, 0.25) is 0 Å². The molecule has 1 aromatic carbocycles. The highest BCUT2D eigenvalue weighted by Gasteiger charge is 2.30. The molecule has 168 valence electrons. The number of carbonyl (C=O) groups excluding carboxylic acids is 1. The number of amides is 1. The van der Waals surface area contributed by atoms with E-state index in [2.05, 4.69) is 20.9 Å². The van der Waals surface area contributed by atoms with E-state index in [9.17, 15) is 13.2 Å². The summed E-state index contributed by atoms with van der Waals surface area (Å²) in [5, 5.41) is 2.90. The number of ether oxygens (including phenoxy) is 1. The van der Waals surface area contributed by atoms with Gasteiger partial charge in [-0.05, 0) is 56.1 Å². The van der Waals surface area contributed by atoms with Crippen LogP contribution in [-0.2, 0) is 26.6 Å². The molecule has 2 aliphatic rings. The molecule has 31 heavy (non-hydrogen) atoms. The Balaban J connectivity index is 1.46. The van der Waals surface area contributed by atoms with Crippen molar-refractivity contribution in [1.29, 1.82) is 0 Å². The van der Waals surface area contributed by atoms with Crippen LogP contribution in [0.5, 0.6) is 0 Å². The van der Waals surface area contributed by atoms with E-state index in [1.807, 2.05) is 19.3 Å². The molecule has 4 rings (SSSR count). The predicted molar refractivity (Wildman–Crippen MR) is 118 cm³/mol. The maximum absolute atomic E-state index is 13.1. The largest absolute Gasteiger partial charge is 0.379 e. The molecule has 0 spiro atoms. The molecular weight excluding hydrogens is 416 g/mol. The summed E-state index contributed by atoms with van der Waals surface area (Å²) >= 11 is 0. The number of benzene rings is 1. The lowest BCUT2D eigenvalue weighted by atomic mass is 10.1. The van der Waals surface area contributed by atoms with Crippen LogP contribution < -0.4 is 5.32 Å². The molecule has 2 fully saturated rings. The van der Waals surface area contributed by atoms with E-state index in [0.29, 0.717) is 37.6 Å². The lowest BCUT2D eigenvalue weighted by molar-refractivity contribution is -0.117. The van der Waals surface area contributed by atoms with Crippen molar-refractivity contribution in [3.63, 3.8) is 0 Å². The topological polar surface area (TPSA) is 83.9 Å². The minimum atomic E-state index is -3.63. The molecule has 1 atom stereocenters. The van der Waals surface area contributed by atoms with E-state index < -0.39 is 10.0 Å². The Morgan fingerprint density at radius 1 is 1.19 bits per heavy atom. The van der Waals surface area contributed by atoms with Gasteiger partial charge in [0, 0.05) is 37.7 Å². The van der Waals surface area contributed by atoms with Gasteiger partial charge in [0.15, 0.2) is 0 Å². The number of aromatic nitrogens is 1. The van der Waals surface area contributed by atoms with E-state index in [1.165, 1.54) is 10.00 Å². The number of morpholine rings is 1. The van der Waals surface area contributed by atoms with Gasteiger partial charge in [0.2, 0.25) is 15.9 Å². The quantitative estimate of drug-likeness (QED) is 0.735. The molecule has 9 heteroatoms. The number of nitrogens with one attached hydrogen (secondary N) is 1. The van der Waals surface area contributed by atoms with Crippen LogP contribution in [0.25, 0.3) is 0 Å². The van der Waals surface area contributed by atoms with Crippen molar-refractivity contribution in [3.8, 4) is 0 Å². The molecule has 8 nitrogen and oxygen atoms in total. The van der Waals surface area contributed by atoms with Gasteiger partial charge in [-0.3, -0.25) is 9.69 Å². The minimum Gasteiger partial charge on any atom is -0.379 e. The van der Waals surface area contributed by atoms with Gasteiger partial charge >= 0.3 is 0 Å². The van der Waals surface area contributed by atoms with Crippen LogP contribution in [0.3, 0.4) is 0 Å². The summed E-state index contributed by atoms with van der Waals surface area (Å²) in [6.07, 6.45) is 4.10. The van der Waals surface area contributed by atoms with E-state index >= 15 is 0 Å². The number of carbonyl (C=O) groups is 1. The van der Waals surface area contributed by atoms with Gasteiger partial charge < -0.3 is 14.6 Å². The number of aryl methyl sites for hydroxylation is 2. The molecular formula is C22H30N4O4S. The van der Waals surface area contributed by atoms with E-state index in [4.69, 9.17) is 4.74 Å². The van der Waals surface area contributed by atoms with Gasteiger partial charge in [-0.1, -0.05) is 6.07 Å². The Kier molecular flexibility index (Phi) is 6.47. The first-order chi connectivity index (χ1) is 14.9. The number of sulfonamides is 1. The molecule has 0 bridgehead atoms. The number of hydrogen-bond acceptors (Lipinski definition) is 5. The third-order valence-electron chi connectivity index (χ3n) is 6.10. The smallest absolute Gasteiger partial charge is 0.243 e. The Hall–Kier alpha value is -2.20. The zero-order valence-corrected chi connectivity index (χ0v) is 18.9. The second kappa shape index (κ2) is 9.12. The van der Waals surface area contributed by atoms with Crippen LogP contribution >= 0.6 is 0 Å². The van der Waals surface area contributed by atoms with Crippen molar-refractivity contribution in [2.45, 2.75) is 30.7 Å². The summed E-state index contributed by atoms with van der Waals surface area (Å²) in [6.45, 7) is 4.39. The van der Waals surface area contributed by atoms with Crippen molar-refractivity contribution in [2.24, 2.45) is 7.05 Å². The maximum atomic E-state index is 13.1.